The highest BCUT2D eigenvalue weighted by Crippen LogP contribution is 2.69. The van der Waals surface area contributed by atoms with Crippen molar-refractivity contribution in [3.05, 3.63) is 82.5 Å². The molecule has 1 spiro atoms. The molecular weight excluding hydrogens is 606 g/mol. The maximum atomic E-state index is 13.8. The second kappa shape index (κ2) is 9.91. The zero-order valence-electron chi connectivity index (χ0n) is 23.6. The number of carbonyl (C=O) groups excluding carboxylic acids is 3. The number of carbonyl (C=O) groups is 3. The average Bonchev–Trinajstić information content (AvgIpc) is 3.71. The Morgan fingerprint density at radius 1 is 0.837 bits per heavy atom. The van der Waals surface area contributed by atoms with Gasteiger partial charge in [-0.3, -0.25) is 4.79 Å². The van der Waals surface area contributed by atoms with Gasteiger partial charge in [-0.25, -0.2) is 9.59 Å². The van der Waals surface area contributed by atoms with Crippen LogP contribution in [0.4, 0.5) is 7.77 Å². The fraction of sp³-hybridized carbons (Fsp3) is 0.367. The normalized spacial score (nSPS) is 23.9. The van der Waals surface area contributed by atoms with Crippen molar-refractivity contribution in [1.82, 2.24) is 0 Å². The van der Waals surface area contributed by atoms with Gasteiger partial charge in [0.05, 0.1) is 26.3 Å². The van der Waals surface area contributed by atoms with E-state index in [1.54, 1.807) is 13.0 Å². The molecular formula is C30H28F2O9S2. The van der Waals surface area contributed by atoms with Gasteiger partial charge in [-0.1, -0.05) is 25.5 Å². The second-order valence-electron chi connectivity index (χ2n) is 11.9. The van der Waals surface area contributed by atoms with Gasteiger partial charge in [0.1, 0.15) is 12.7 Å². The molecule has 3 aliphatic carbocycles. The Labute approximate surface area is 248 Å². The molecule has 0 amide bonds. The quantitative estimate of drug-likeness (QED) is 0.303. The van der Waals surface area contributed by atoms with Crippen molar-refractivity contribution in [3.63, 3.8) is 0 Å². The van der Waals surface area contributed by atoms with Crippen LogP contribution in [0.25, 0.3) is 0 Å². The van der Waals surface area contributed by atoms with Crippen LogP contribution in [0.5, 0.6) is 0 Å². The van der Waals surface area contributed by atoms with E-state index in [1.165, 1.54) is 0 Å². The molecule has 3 aliphatic rings. The van der Waals surface area contributed by atoms with Crippen LogP contribution in [0.15, 0.2) is 81.1 Å². The Balaban J connectivity index is 1.48. The first-order valence-electron chi connectivity index (χ1n) is 13.3. The maximum absolute atomic E-state index is 13.8. The van der Waals surface area contributed by atoms with Crippen molar-refractivity contribution in [2.45, 2.75) is 56.4 Å². The number of benzene rings is 2. The third kappa shape index (κ3) is 5.12. The molecule has 1 fully saturated rings. The van der Waals surface area contributed by atoms with Crippen molar-refractivity contribution in [2.24, 2.45) is 16.2 Å². The molecule has 0 aromatic heterocycles. The van der Waals surface area contributed by atoms with Crippen LogP contribution in [0.3, 0.4) is 0 Å². The number of rotatable bonds is 7. The number of ether oxygens (including phenoxy) is 2. The molecule has 0 N–H and O–H groups in total. The van der Waals surface area contributed by atoms with Crippen molar-refractivity contribution < 1.29 is 48.5 Å². The predicted octanol–water partition coefficient (Wildman–Crippen LogP) is 5.04. The van der Waals surface area contributed by atoms with E-state index in [2.05, 4.69) is 0 Å². The Morgan fingerprint density at radius 3 is 1.74 bits per heavy atom. The molecule has 43 heavy (non-hydrogen) atoms. The fourth-order valence-electron chi connectivity index (χ4n) is 6.24. The predicted molar refractivity (Wildman–Crippen MR) is 148 cm³/mol. The topological polar surface area (TPSA) is 138 Å². The first-order chi connectivity index (χ1) is 19.8. The highest BCUT2D eigenvalue weighted by Gasteiger charge is 2.65. The van der Waals surface area contributed by atoms with Crippen LogP contribution in [-0.2, 0) is 34.7 Å². The summed E-state index contributed by atoms with van der Waals surface area (Å²) in [6.07, 6.45) is 2.09. The van der Waals surface area contributed by atoms with E-state index >= 15 is 0 Å². The Hall–Kier alpha value is -3.71. The molecule has 1 saturated carbocycles. The molecule has 13 heteroatoms. The fourth-order valence-corrected chi connectivity index (χ4v) is 7.17. The summed E-state index contributed by atoms with van der Waals surface area (Å²) in [6.45, 7) is 6.95. The van der Waals surface area contributed by atoms with E-state index in [-0.39, 0.29) is 23.5 Å². The van der Waals surface area contributed by atoms with Gasteiger partial charge in [0, 0.05) is 22.0 Å². The minimum Gasteiger partial charge on any atom is -0.461 e. The lowest BCUT2D eigenvalue weighted by Gasteiger charge is -2.41. The van der Waals surface area contributed by atoms with Gasteiger partial charge in [-0.2, -0.15) is 16.8 Å². The lowest BCUT2D eigenvalue weighted by molar-refractivity contribution is -0.126. The molecule has 2 aromatic carbocycles. The maximum Gasteiger partial charge on any atom is 0.338 e. The molecule has 5 rings (SSSR count). The van der Waals surface area contributed by atoms with Crippen LogP contribution in [0.2, 0.25) is 0 Å². The van der Waals surface area contributed by atoms with Crippen molar-refractivity contribution >= 4 is 38.2 Å². The smallest absolute Gasteiger partial charge is 0.338 e. The summed E-state index contributed by atoms with van der Waals surface area (Å²) in [7, 11) is -9.95. The molecule has 2 aromatic rings. The van der Waals surface area contributed by atoms with E-state index in [4.69, 9.17) is 9.47 Å². The van der Waals surface area contributed by atoms with E-state index in [0.29, 0.717) is 11.1 Å². The number of ketones is 1. The van der Waals surface area contributed by atoms with Crippen LogP contribution in [0.1, 0.15) is 61.3 Å². The third-order valence-corrected chi connectivity index (χ3v) is 10.7. The number of esters is 2. The van der Waals surface area contributed by atoms with Gasteiger partial charge in [0.15, 0.2) is 5.78 Å². The standard InChI is InChI=1S/C30H28F2O9S2/c1-17-23-22(24(33)28(2,3)30(17)13-14-30)15-29(4,16-40-26(34)18-5-9-20(10-6-18)42(31,36)37)25(23)41-27(35)19-7-11-21(12-8-19)43(32,38)39/h5-12,15,25H,13-14,16H2,1-4H3/t25-,29+/m1/s1. The highest BCUT2D eigenvalue weighted by atomic mass is 32.3. The summed E-state index contributed by atoms with van der Waals surface area (Å²) in [5.41, 5.74) is -0.730. The zero-order valence-corrected chi connectivity index (χ0v) is 25.3. The summed E-state index contributed by atoms with van der Waals surface area (Å²) >= 11 is 0. The molecule has 0 aliphatic heterocycles. The summed E-state index contributed by atoms with van der Waals surface area (Å²) < 4.78 is 82.7. The summed E-state index contributed by atoms with van der Waals surface area (Å²) in [6, 6.07) is 8.12. The van der Waals surface area contributed by atoms with Crippen LogP contribution in [-0.4, -0.2) is 47.3 Å². The highest BCUT2D eigenvalue weighted by molar-refractivity contribution is 7.86. The van der Waals surface area contributed by atoms with Gasteiger partial charge < -0.3 is 9.47 Å². The number of Topliss-reactive ketones (excluding diaryl/α,β-unsaturated/α-hetero) is 1. The Kier molecular flexibility index (Phi) is 7.09. The lowest BCUT2D eigenvalue weighted by Crippen LogP contribution is -2.43. The number of allylic oxidation sites excluding steroid dienone is 1. The van der Waals surface area contributed by atoms with Gasteiger partial charge >= 0.3 is 32.4 Å². The van der Waals surface area contributed by atoms with E-state index in [9.17, 15) is 39.0 Å². The first kappa shape index (κ1) is 30.7. The Morgan fingerprint density at radius 2 is 1.30 bits per heavy atom. The van der Waals surface area contributed by atoms with Gasteiger partial charge in [0.2, 0.25) is 0 Å². The number of halogens is 2. The van der Waals surface area contributed by atoms with Gasteiger partial charge in [-0.05, 0) is 75.2 Å². The van der Waals surface area contributed by atoms with E-state index in [0.717, 1.165) is 66.9 Å². The van der Waals surface area contributed by atoms with Crippen molar-refractivity contribution in [3.8, 4) is 0 Å². The first-order valence-corrected chi connectivity index (χ1v) is 16.1. The molecule has 0 bridgehead atoms. The molecule has 0 unspecified atom stereocenters. The molecule has 0 heterocycles. The van der Waals surface area contributed by atoms with Crippen LogP contribution >= 0.6 is 0 Å². The Bertz CT molecular complexity index is 1840. The minimum absolute atomic E-state index is 0.0555. The average molecular weight is 635 g/mol. The van der Waals surface area contributed by atoms with Crippen LogP contribution < -0.4 is 0 Å². The van der Waals surface area contributed by atoms with Crippen molar-refractivity contribution in [2.75, 3.05) is 6.61 Å². The molecule has 0 saturated heterocycles. The lowest BCUT2D eigenvalue weighted by atomic mass is 9.61. The summed E-state index contributed by atoms with van der Waals surface area (Å²) in [5.74, 6) is -1.87. The van der Waals surface area contributed by atoms with E-state index < -0.39 is 64.5 Å². The molecule has 0 radical (unpaired) electrons. The van der Waals surface area contributed by atoms with E-state index in [1.807, 2.05) is 20.8 Å². The summed E-state index contributed by atoms with van der Waals surface area (Å²) in [5, 5.41) is 0. The molecule has 9 nitrogen and oxygen atoms in total. The summed E-state index contributed by atoms with van der Waals surface area (Å²) in [4.78, 5) is 38.7. The molecule has 228 valence electrons. The minimum atomic E-state index is -4.98. The number of hydrogen-bond donors (Lipinski definition) is 0. The van der Waals surface area contributed by atoms with Crippen LogP contribution in [0, 0.1) is 16.2 Å². The largest absolute Gasteiger partial charge is 0.461 e. The molecule has 2 atom stereocenters. The number of fused-ring (bicyclic) bond motifs is 1. The van der Waals surface area contributed by atoms with Crippen molar-refractivity contribution in [1.29, 1.82) is 0 Å². The SMILES string of the molecule is CC1=C2C(=C[C@@](C)(COC(=O)c3ccc(S(=O)(=O)F)cc3)[C@@H]2OC(=O)c2ccc(S(=O)(=O)F)cc2)C(=O)C(C)(C)C12CC2. The van der Waals surface area contributed by atoms with Gasteiger partial charge in [-0.15, -0.1) is 7.77 Å². The zero-order chi connectivity index (χ0) is 31.8. The van der Waals surface area contributed by atoms with Gasteiger partial charge in [0.25, 0.3) is 0 Å². The monoisotopic (exact) mass is 634 g/mol. The second-order valence-corrected chi connectivity index (χ2v) is 14.6. The number of hydrogen-bond acceptors (Lipinski definition) is 9. The third-order valence-electron chi connectivity index (χ3n) is 8.99.